The Bertz CT molecular complexity index is 1040. The van der Waals surface area contributed by atoms with Crippen LogP contribution in [0.25, 0.3) is 11.1 Å². The van der Waals surface area contributed by atoms with Crippen molar-refractivity contribution in [2.24, 2.45) is 5.92 Å². The summed E-state index contributed by atoms with van der Waals surface area (Å²) in [7, 11) is 3.71. The highest BCUT2D eigenvalue weighted by Gasteiger charge is 2.31. The molecule has 2 N–H and O–H groups in total. The van der Waals surface area contributed by atoms with Gasteiger partial charge in [-0.3, -0.25) is 9.59 Å². The molecule has 1 aliphatic heterocycles. The van der Waals surface area contributed by atoms with Crippen LogP contribution in [0.2, 0.25) is 0 Å². The SMILES string of the molecule is CN1CCCC(CN(C)C(=O)C(CC(=O)O)NC(=O)OCC2c3ccccc3-c3ccccc32)C1. The third kappa shape index (κ3) is 5.82. The summed E-state index contributed by atoms with van der Waals surface area (Å²) in [5.74, 6) is -1.38. The number of nitrogens with one attached hydrogen (secondary N) is 1. The maximum absolute atomic E-state index is 13.0. The summed E-state index contributed by atoms with van der Waals surface area (Å²) < 4.78 is 5.53. The molecule has 8 nitrogen and oxygen atoms in total. The van der Waals surface area contributed by atoms with E-state index in [1.54, 1.807) is 7.05 Å². The van der Waals surface area contributed by atoms with E-state index in [1.165, 1.54) is 4.90 Å². The summed E-state index contributed by atoms with van der Waals surface area (Å²) in [6, 6.07) is 14.8. The predicted octanol–water partition coefficient (Wildman–Crippen LogP) is 3.17. The van der Waals surface area contributed by atoms with Crippen molar-refractivity contribution in [3.8, 4) is 11.1 Å². The van der Waals surface area contributed by atoms with Crippen molar-refractivity contribution in [2.45, 2.75) is 31.2 Å². The second-order valence-corrected chi connectivity index (χ2v) is 9.61. The highest BCUT2D eigenvalue weighted by molar-refractivity contribution is 5.89. The lowest BCUT2D eigenvalue weighted by Crippen LogP contribution is -2.50. The lowest BCUT2D eigenvalue weighted by Gasteiger charge is -2.33. The summed E-state index contributed by atoms with van der Waals surface area (Å²) in [5, 5.41) is 11.8. The van der Waals surface area contributed by atoms with Crippen LogP contribution in [0.3, 0.4) is 0 Å². The molecule has 4 rings (SSSR count). The van der Waals surface area contributed by atoms with Crippen LogP contribution in [-0.2, 0) is 14.3 Å². The molecule has 1 aliphatic carbocycles. The average molecular weight is 480 g/mol. The summed E-state index contributed by atoms with van der Waals surface area (Å²) in [4.78, 5) is 40.9. The normalized spacial score (nSPS) is 18.3. The van der Waals surface area contributed by atoms with Crippen LogP contribution in [-0.4, -0.2) is 79.3 Å². The minimum atomic E-state index is -1.19. The van der Waals surface area contributed by atoms with Crippen LogP contribution in [0, 0.1) is 5.92 Å². The van der Waals surface area contributed by atoms with Gasteiger partial charge in [0, 0.05) is 26.1 Å². The van der Waals surface area contributed by atoms with Crippen LogP contribution < -0.4 is 5.32 Å². The van der Waals surface area contributed by atoms with Crippen LogP contribution in [0.5, 0.6) is 0 Å². The Hall–Kier alpha value is -3.39. The average Bonchev–Trinajstić information content (AvgIpc) is 3.15. The third-order valence-corrected chi connectivity index (χ3v) is 6.94. The van der Waals surface area contributed by atoms with E-state index in [-0.39, 0.29) is 12.5 Å². The van der Waals surface area contributed by atoms with E-state index < -0.39 is 30.4 Å². The van der Waals surface area contributed by atoms with E-state index in [0.29, 0.717) is 12.5 Å². The summed E-state index contributed by atoms with van der Waals surface area (Å²) in [6.07, 6.45) is 0.792. The fourth-order valence-corrected chi connectivity index (χ4v) is 5.32. The van der Waals surface area contributed by atoms with Crippen molar-refractivity contribution in [3.05, 3.63) is 59.7 Å². The molecule has 0 spiro atoms. The Balaban J connectivity index is 1.38. The number of likely N-dealkylation sites (tertiary alicyclic amines) is 1. The van der Waals surface area contributed by atoms with Crippen molar-refractivity contribution in [3.63, 3.8) is 0 Å². The molecule has 35 heavy (non-hydrogen) atoms. The highest BCUT2D eigenvalue weighted by Crippen LogP contribution is 2.44. The molecule has 2 atom stereocenters. The topological polar surface area (TPSA) is 99.2 Å². The fourth-order valence-electron chi connectivity index (χ4n) is 5.32. The fraction of sp³-hybridized carbons (Fsp3) is 0.444. The smallest absolute Gasteiger partial charge is 0.407 e. The highest BCUT2D eigenvalue weighted by atomic mass is 16.5. The van der Waals surface area contributed by atoms with Crippen LogP contribution in [0.15, 0.2) is 48.5 Å². The van der Waals surface area contributed by atoms with Crippen LogP contribution >= 0.6 is 0 Å². The van der Waals surface area contributed by atoms with Gasteiger partial charge in [0.1, 0.15) is 12.6 Å². The molecule has 0 aromatic heterocycles. The number of aliphatic carboxylic acids is 1. The Morgan fingerprint density at radius 3 is 2.34 bits per heavy atom. The predicted molar refractivity (Wildman–Crippen MR) is 132 cm³/mol. The largest absolute Gasteiger partial charge is 0.481 e. The van der Waals surface area contributed by atoms with Crippen molar-refractivity contribution < 1.29 is 24.2 Å². The van der Waals surface area contributed by atoms with Gasteiger partial charge in [-0.15, -0.1) is 0 Å². The molecule has 186 valence electrons. The van der Waals surface area contributed by atoms with Crippen LogP contribution in [0.4, 0.5) is 4.79 Å². The maximum atomic E-state index is 13.0. The Morgan fingerprint density at radius 1 is 1.11 bits per heavy atom. The number of ether oxygens (including phenoxy) is 1. The zero-order valence-corrected chi connectivity index (χ0v) is 20.3. The van der Waals surface area contributed by atoms with Gasteiger partial charge < -0.3 is 25.0 Å². The van der Waals surface area contributed by atoms with E-state index >= 15 is 0 Å². The first-order valence-corrected chi connectivity index (χ1v) is 12.1. The molecule has 0 bridgehead atoms. The number of nitrogens with zero attached hydrogens (tertiary/aromatic N) is 2. The molecule has 2 aliphatic rings. The zero-order valence-electron chi connectivity index (χ0n) is 20.3. The molecule has 1 fully saturated rings. The van der Waals surface area contributed by atoms with Crippen molar-refractivity contribution in [2.75, 3.05) is 40.3 Å². The third-order valence-electron chi connectivity index (χ3n) is 6.94. The van der Waals surface area contributed by atoms with E-state index in [4.69, 9.17) is 4.74 Å². The van der Waals surface area contributed by atoms with E-state index in [1.807, 2.05) is 36.4 Å². The number of alkyl carbamates (subject to hydrolysis) is 1. The molecule has 8 heteroatoms. The number of hydrogen-bond acceptors (Lipinski definition) is 5. The van der Waals surface area contributed by atoms with Crippen LogP contribution in [0.1, 0.15) is 36.3 Å². The first-order valence-electron chi connectivity index (χ1n) is 12.1. The number of piperidine rings is 1. The summed E-state index contributed by atoms with van der Waals surface area (Å²) >= 11 is 0. The number of rotatable bonds is 8. The molecule has 0 saturated carbocycles. The number of amides is 2. The number of carbonyl (C=O) groups excluding carboxylic acids is 2. The molecule has 2 aromatic carbocycles. The maximum Gasteiger partial charge on any atom is 0.407 e. The van der Waals surface area contributed by atoms with Gasteiger partial charge in [-0.2, -0.15) is 0 Å². The van der Waals surface area contributed by atoms with Gasteiger partial charge in [-0.1, -0.05) is 48.5 Å². The Labute approximate surface area is 205 Å². The van der Waals surface area contributed by atoms with Gasteiger partial charge in [-0.25, -0.2) is 4.79 Å². The minimum absolute atomic E-state index is 0.0953. The van der Waals surface area contributed by atoms with Gasteiger partial charge in [0.15, 0.2) is 0 Å². The van der Waals surface area contributed by atoms with Crippen molar-refractivity contribution in [1.29, 1.82) is 0 Å². The zero-order chi connectivity index (χ0) is 24.9. The number of fused-ring (bicyclic) bond motifs is 3. The van der Waals surface area contributed by atoms with Gasteiger partial charge >= 0.3 is 12.1 Å². The number of carbonyl (C=O) groups is 3. The minimum Gasteiger partial charge on any atom is -0.481 e. The van der Waals surface area contributed by atoms with Gasteiger partial charge in [-0.05, 0) is 54.6 Å². The monoisotopic (exact) mass is 479 g/mol. The molecular weight excluding hydrogens is 446 g/mol. The summed E-state index contributed by atoms with van der Waals surface area (Å²) in [5.41, 5.74) is 4.39. The van der Waals surface area contributed by atoms with Gasteiger partial charge in [0.2, 0.25) is 5.91 Å². The second-order valence-electron chi connectivity index (χ2n) is 9.61. The molecule has 1 heterocycles. The lowest BCUT2D eigenvalue weighted by atomic mass is 9.97. The Morgan fingerprint density at radius 2 is 1.74 bits per heavy atom. The molecule has 2 aromatic rings. The number of benzene rings is 2. The lowest BCUT2D eigenvalue weighted by molar-refractivity contribution is -0.142. The van der Waals surface area contributed by atoms with E-state index in [0.717, 1.165) is 48.2 Å². The number of carboxylic acid groups (broad SMARTS) is 1. The van der Waals surface area contributed by atoms with E-state index in [9.17, 15) is 19.5 Å². The van der Waals surface area contributed by atoms with Gasteiger partial charge in [0.05, 0.1) is 6.42 Å². The number of likely N-dealkylation sites (N-methyl/N-ethyl adjacent to an activating group) is 1. The Kier molecular flexibility index (Phi) is 7.70. The molecular formula is C27H33N3O5. The molecule has 2 amide bonds. The van der Waals surface area contributed by atoms with Crippen molar-refractivity contribution in [1.82, 2.24) is 15.1 Å². The van der Waals surface area contributed by atoms with E-state index in [2.05, 4.69) is 29.4 Å². The first-order chi connectivity index (χ1) is 16.8. The second kappa shape index (κ2) is 10.9. The standard InChI is InChI=1S/C27H33N3O5/c1-29-13-7-8-18(15-29)16-30(2)26(33)24(14-25(31)32)28-27(34)35-17-23-21-11-5-3-9-19(21)20-10-4-6-12-22(20)23/h3-6,9-12,18,23-24H,7-8,13-17H2,1-2H3,(H,28,34)(H,31,32). The number of carboxylic acids is 1. The number of hydrogen-bond donors (Lipinski definition) is 2. The quantitative estimate of drug-likeness (QED) is 0.604. The summed E-state index contributed by atoms with van der Waals surface area (Å²) in [6.45, 7) is 2.55. The van der Waals surface area contributed by atoms with Crippen molar-refractivity contribution >= 4 is 18.0 Å². The molecule has 0 radical (unpaired) electrons. The first kappa shape index (κ1) is 24.7. The molecule has 1 saturated heterocycles. The van der Waals surface area contributed by atoms with Gasteiger partial charge in [0.25, 0.3) is 0 Å². The molecule has 2 unspecified atom stereocenters.